The second kappa shape index (κ2) is 6.32. The summed E-state index contributed by atoms with van der Waals surface area (Å²) in [6, 6.07) is 5.08. The number of rotatable bonds is 3. The SMILES string of the molecule is NC(=O)NC1CCN(c2nc(-c3cccc(Cl)c3Cl)cs2)C1. The van der Waals surface area contributed by atoms with E-state index in [0.717, 1.165) is 29.4 Å². The maximum absolute atomic E-state index is 10.9. The number of nitrogens with one attached hydrogen (secondary N) is 1. The molecule has 1 aromatic carbocycles. The van der Waals surface area contributed by atoms with E-state index in [2.05, 4.69) is 15.2 Å². The number of benzene rings is 1. The number of carbonyl (C=O) groups is 1. The molecule has 3 N–H and O–H groups in total. The average Bonchev–Trinajstić information content (AvgIpc) is 3.10. The van der Waals surface area contributed by atoms with Gasteiger partial charge in [0.15, 0.2) is 5.13 Å². The molecular formula is C14H14Cl2N4OS. The molecule has 3 rings (SSSR count). The zero-order valence-corrected chi connectivity index (χ0v) is 13.9. The molecule has 0 bridgehead atoms. The van der Waals surface area contributed by atoms with Crippen LogP contribution in [0.4, 0.5) is 9.93 Å². The Bertz CT molecular complexity index is 706. The largest absolute Gasteiger partial charge is 0.352 e. The van der Waals surface area contributed by atoms with Crippen LogP contribution in [0.15, 0.2) is 23.6 Å². The number of carbonyl (C=O) groups excluding carboxylic acids is 1. The van der Waals surface area contributed by atoms with Crippen molar-refractivity contribution in [2.75, 3.05) is 18.0 Å². The number of thiazole rings is 1. The van der Waals surface area contributed by atoms with Gasteiger partial charge in [0.05, 0.1) is 15.7 Å². The first-order valence-electron chi connectivity index (χ1n) is 6.75. The highest BCUT2D eigenvalue weighted by Crippen LogP contribution is 2.36. The summed E-state index contributed by atoms with van der Waals surface area (Å²) in [6.07, 6.45) is 0.857. The van der Waals surface area contributed by atoms with Crippen LogP contribution in [0.2, 0.25) is 10.0 Å². The molecule has 1 aromatic heterocycles. The second-order valence-corrected chi connectivity index (χ2v) is 6.68. The van der Waals surface area contributed by atoms with Gasteiger partial charge in [0.2, 0.25) is 0 Å². The highest BCUT2D eigenvalue weighted by Gasteiger charge is 2.25. The van der Waals surface area contributed by atoms with E-state index < -0.39 is 6.03 Å². The molecule has 1 aliphatic rings. The Labute approximate surface area is 142 Å². The Morgan fingerprint density at radius 1 is 1.45 bits per heavy atom. The van der Waals surface area contributed by atoms with Crippen LogP contribution in [-0.4, -0.2) is 30.1 Å². The first-order chi connectivity index (χ1) is 10.5. The Balaban J connectivity index is 1.77. The van der Waals surface area contributed by atoms with Crippen LogP contribution in [0.25, 0.3) is 11.3 Å². The number of primary amides is 1. The summed E-state index contributed by atoms with van der Waals surface area (Å²) in [5, 5.41) is 6.62. The molecule has 2 heterocycles. The van der Waals surface area contributed by atoms with Crippen molar-refractivity contribution in [2.24, 2.45) is 5.73 Å². The number of anilines is 1. The van der Waals surface area contributed by atoms with E-state index in [1.54, 1.807) is 17.4 Å². The summed E-state index contributed by atoms with van der Waals surface area (Å²) in [6.45, 7) is 1.54. The Hall–Kier alpha value is -1.50. The minimum atomic E-state index is -0.489. The summed E-state index contributed by atoms with van der Waals surface area (Å²) in [7, 11) is 0. The van der Waals surface area contributed by atoms with Gasteiger partial charge in [-0.1, -0.05) is 35.3 Å². The van der Waals surface area contributed by atoms with Crippen molar-refractivity contribution in [1.82, 2.24) is 10.3 Å². The van der Waals surface area contributed by atoms with Crippen LogP contribution < -0.4 is 16.0 Å². The van der Waals surface area contributed by atoms with Gasteiger partial charge < -0.3 is 16.0 Å². The van der Waals surface area contributed by atoms with Crippen LogP contribution >= 0.6 is 34.5 Å². The lowest BCUT2D eigenvalue weighted by Gasteiger charge is -2.15. The fourth-order valence-corrected chi connectivity index (χ4v) is 3.75. The quantitative estimate of drug-likeness (QED) is 0.885. The van der Waals surface area contributed by atoms with E-state index in [1.165, 1.54) is 0 Å². The van der Waals surface area contributed by atoms with Gasteiger partial charge in [0.25, 0.3) is 0 Å². The van der Waals surface area contributed by atoms with E-state index in [0.29, 0.717) is 16.6 Å². The molecule has 1 saturated heterocycles. The van der Waals surface area contributed by atoms with Gasteiger partial charge in [-0.2, -0.15) is 0 Å². The maximum atomic E-state index is 10.9. The number of aromatic nitrogens is 1. The monoisotopic (exact) mass is 356 g/mol. The van der Waals surface area contributed by atoms with Crippen LogP contribution in [0.3, 0.4) is 0 Å². The lowest BCUT2D eigenvalue weighted by Crippen LogP contribution is -2.40. The van der Waals surface area contributed by atoms with Gasteiger partial charge in [-0.3, -0.25) is 0 Å². The molecule has 0 saturated carbocycles. The van der Waals surface area contributed by atoms with Gasteiger partial charge in [-0.05, 0) is 12.5 Å². The molecule has 1 atom stereocenters. The molecule has 2 amide bonds. The van der Waals surface area contributed by atoms with Crippen molar-refractivity contribution in [1.29, 1.82) is 0 Å². The van der Waals surface area contributed by atoms with Crippen molar-refractivity contribution in [2.45, 2.75) is 12.5 Å². The van der Waals surface area contributed by atoms with Gasteiger partial charge >= 0.3 is 6.03 Å². The maximum Gasteiger partial charge on any atom is 0.312 e. The van der Waals surface area contributed by atoms with Crippen LogP contribution in [0, 0.1) is 0 Å². The summed E-state index contributed by atoms with van der Waals surface area (Å²) in [5.74, 6) is 0. The first kappa shape index (κ1) is 15.4. The number of amides is 2. The molecule has 0 aliphatic carbocycles. The number of halogens is 2. The van der Waals surface area contributed by atoms with Gasteiger partial charge in [0, 0.05) is 30.1 Å². The molecule has 1 aliphatic heterocycles. The molecule has 8 heteroatoms. The summed E-state index contributed by atoms with van der Waals surface area (Å²) in [5.41, 5.74) is 6.78. The number of nitrogens with two attached hydrogens (primary N) is 1. The van der Waals surface area contributed by atoms with E-state index in [4.69, 9.17) is 28.9 Å². The van der Waals surface area contributed by atoms with E-state index in [9.17, 15) is 4.79 Å². The van der Waals surface area contributed by atoms with Crippen molar-refractivity contribution in [3.05, 3.63) is 33.6 Å². The molecule has 1 fully saturated rings. The van der Waals surface area contributed by atoms with Crippen molar-refractivity contribution in [3.8, 4) is 11.3 Å². The van der Waals surface area contributed by atoms with Gasteiger partial charge in [0.1, 0.15) is 0 Å². The van der Waals surface area contributed by atoms with Crippen molar-refractivity contribution in [3.63, 3.8) is 0 Å². The molecule has 1 unspecified atom stereocenters. The molecule has 2 aromatic rings. The third-order valence-electron chi connectivity index (χ3n) is 3.52. The number of hydrogen-bond acceptors (Lipinski definition) is 4. The lowest BCUT2D eigenvalue weighted by atomic mass is 10.2. The van der Waals surface area contributed by atoms with E-state index >= 15 is 0 Å². The van der Waals surface area contributed by atoms with Gasteiger partial charge in [-0.25, -0.2) is 9.78 Å². The minimum absolute atomic E-state index is 0.0691. The van der Waals surface area contributed by atoms with Crippen LogP contribution in [0.5, 0.6) is 0 Å². The third-order valence-corrected chi connectivity index (χ3v) is 5.25. The first-order valence-corrected chi connectivity index (χ1v) is 8.39. The van der Waals surface area contributed by atoms with Crippen LogP contribution in [0.1, 0.15) is 6.42 Å². The van der Waals surface area contributed by atoms with Gasteiger partial charge in [-0.15, -0.1) is 11.3 Å². The second-order valence-electron chi connectivity index (χ2n) is 5.06. The van der Waals surface area contributed by atoms with E-state index in [-0.39, 0.29) is 6.04 Å². The lowest BCUT2D eigenvalue weighted by molar-refractivity contribution is 0.246. The smallest absolute Gasteiger partial charge is 0.312 e. The summed E-state index contributed by atoms with van der Waals surface area (Å²) < 4.78 is 0. The standard InChI is InChI=1S/C14H14Cl2N4OS/c15-10-3-1-2-9(12(10)16)11-7-22-14(19-11)20-5-4-8(6-20)18-13(17)21/h1-3,7-8H,4-6H2,(H3,17,18,21). The zero-order valence-electron chi connectivity index (χ0n) is 11.6. The predicted molar refractivity (Wildman–Crippen MR) is 90.9 cm³/mol. The van der Waals surface area contributed by atoms with E-state index in [1.807, 2.05) is 17.5 Å². The topological polar surface area (TPSA) is 71.2 Å². The normalized spacial score (nSPS) is 17.7. The fraction of sp³-hybridized carbons (Fsp3) is 0.286. The highest BCUT2D eigenvalue weighted by atomic mass is 35.5. The number of hydrogen-bond donors (Lipinski definition) is 2. The molecule has 22 heavy (non-hydrogen) atoms. The molecule has 0 spiro atoms. The van der Waals surface area contributed by atoms with Crippen LogP contribution in [-0.2, 0) is 0 Å². The molecule has 116 valence electrons. The fourth-order valence-electron chi connectivity index (χ4n) is 2.49. The third kappa shape index (κ3) is 3.14. The summed E-state index contributed by atoms with van der Waals surface area (Å²) >= 11 is 13.8. The molecule has 5 nitrogen and oxygen atoms in total. The summed E-state index contributed by atoms with van der Waals surface area (Å²) in [4.78, 5) is 17.7. The van der Waals surface area contributed by atoms with Crippen molar-refractivity contribution >= 4 is 45.7 Å². The average molecular weight is 357 g/mol. The molecule has 0 radical (unpaired) electrons. The zero-order chi connectivity index (χ0) is 15.7. The Morgan fingerprint density at radius 2 is 2.27 bits per heavy atom. The Morgan fingerprint density at radius 3 is 3.05 bits per heavy atom. The predicted octanol–water partition coefficient (Wildman–Crippen LogP) is 3.36. The van der Waals surface area contributed by atoms with Crippen molar-refractivity contribution < 1.29 is 4.79 Å². The highest BCUT2D eigenvalue weighted by molar-refractivity contribution is 7.14. The minimum Gasteiger partial charge on any atom is -0.352 e. The molecular weight excluding hydrogens is 343 g/mol. The number of urea groups is 1. The Kier molecular flexibility index (Phi) is 4.42. The number of nitrogens with zero attached hydrogens (tertiary/aromatic N) is 2.